The highest BCUT2D eigenvalue weighted by Gasteiger charge is 2.46. The first-order chi connectivity index (χ1) is 14.0. The lowest BCUT2D eigenvalue weighted by molar-refractivity contribution is -0.140. The Balaban J connectivity index is 1.81. The number of carbonyl (C=O) groups is 2. The van der Waals surface area contributed by atoms with E-state index in [0.29, 0.717) is 18.7 Å². The Hall–Kier alpha value is -2.92. The summed E-state index contributed by atoms with van der Waals surface area (Å²) in [4.78, 5) is 27.4. The number of aliphatic hydroxyl groups excluding tert-OH is 1. The molecule has 0 aliphatic carbocycles. The zero-order valence-corrected chi connectivity index (χ0v) is 16.7. The summed E-state index contributed by atoms with van der Waals surface area (Å²) in [5.41, 5.74) is 3.61. The maximum absolute atomic E-state index is 13.0. The maximum atomic E-state index is 13.0. The highest BCUT2D eigenvalue weighted by atomic mass is 16.5. The van der Waals surface area contributed by atoms with Crippen LogP contribution in [-0.4, -0.2) is 41.0 Å². The van der Waals surface area contributed by atoms with Gasteiger partial charge in [0.15, 0.2) is 0 Å². The van der Waals surface area contributed by atoms with Crippen molar-refractivity contribution >= 4 is 17.4 Å². The molecule has 2 fully saturated rings. The summed E-state index contributed by atoms with van der Waals surface area (Å²) in [5.74, 6) is -1.37. The van der Waals surface area contributed by atoms with E-state index in [0.717, 1.165) is 29.5 Å². The normalized spacial score (nSPS) is 23.7. The lowest BCUT2D eigenvalue weighted by Crippen LogP contribution is -2.36. The summed E-state index contributed by atoms with van der Waals surface area (Å²) >= 11 is 0. The second kappa shape index (κ2) is 7.84. The van der Waals surface area contributed by atoms with Crippen molar-refractivity contribution in [2.75, 3.05) is 13.2 Å². The number of benzene rings is 2. The summed E-state index contributed by atoms with van der Waals surface area (Å²) in [5, 5.41) is 11.0. The molecule has 1 N–H and O–H groups in total. The zero-order chi connectivity index (χ0) is 20.5. The van der Waals surface area contributed by atoms with Crippen LogP contribution in [0.3, 0.4) is 0 Å². The first-order valence-corrected chi connectivity index (χ1v) is 9.99. The standard InChI is InChI=1S/C24H25NO4/c1-15-5-9-17(10-6-15)21-20(22(26)18-11-7-16(2)8-12-18)23(27)24(28)25(21)14-19-4-3-13-29-19/h5-12,19,21,26H,3-4,13-14H2,1-2H3/t19-,21-/m1/s1. The Morgan fingerprint density at radius 2 is 1.66 bits per heavy atom. The predicted octanol–water partition coefficient (Wildman–Crippen LogP) is 3.90. The van der Waals surface area contributed by atoms with Gasteiger partial charge in [0.05, 0.1) is 17.7 Å². The first kappa shape index (κ1) is 19.4. The molecule has 2 saturated heterocycles. The van der Waals surface area contributed by atoms with E-state index in [9.17, 15) is 14.7 Å². The Morgan fingerprint density at radius 1 is 1.03 bits per heavy atom. The molecule has 2 aromatic carbocycles. The van der Waals surface area contributed by atoms with Crippen molar-refractivity contribution in [2.45, 2.75) is 38.8 Å². The lowest BCUT2D eigenvalue weighted by atomic mass is 9.94. The Labute approximate surface area is 170 Å². The van der Waals surface area contributed by atoms with Crippen LogP contribution < -0.4 is 0 Å². The van der Waals surface area contributed by atoms with Crippen molar-refractivity contribution < 1.29 is 19.4 Å². The molecule has 4 rings (SSSR count). The van der Waals surface area contributed by atoms with Gasteiger partial charge in [0.2, 0.25) is 0 Å². The highest BCUT2D eigenvalue weighted by Crippen LogP contribution is 2.40. The number of hydrogen-bond donors (Lipinski definition) is 1. The smallest absolute Gasteiger partial charge is 0.295 e. The SMILES string of the molecule is Cc1ccc(C(O)=C2C(=O)C(=O)N(C[C@H]3CCCO3)[C@@H]2c2ccc(C)cc2)cc1. The van der Waals surface area contributed by atoms with E-state index in [2.05, 4.69) is 0 Å². The average Bonchev–Trinajstić information content (AvgIpc) is 3.31. The predicted molar refractivity (Wildman–Crippen MR) is 110 cm³/mol. The molecule has 2 atom stereocenters. The van der Waals surface area contributed by atoms with E-state index >= 15 is 0 Å². The van der Waals surface area contributed by atoms with Crippen LogP contribution in [0.1, 0.15) is 41.1 Å². The molecule has 2 aliphatic rings. The molecule has 2 aliphatic heterocycles. The average molecular weight is 391 g/mol. The molecular formula is C24H25NO4. The molecule has 5 heteroatoms. The van der Waals surface area contributed by atoms with Crippen molar-refractivity contribution in [1.29, 1.82) is 0 Å². The summed E-state index contributed by atoms with van der Waals surface area (Å²) in [6.45, 7) is 4.96. The third kappa shape index (κ3) is 3.70. The van der Waals surface area contributed by atoms with Crippen LogP contribution in [0.2, 0.25) is 0 Å². The number of nitrogens with zero attached hydrogens (tertiary/aromatic N) is 1. The van der Waals surface area contributed by atoms with E-state index in [1.54, 1.807) is 17.0 Å². The number of aryl methyl sites for hydroxylation is 2. The maximum Gasteiger partial charge on any atom is 0.295 e. The zero-order valence-electron chi connectivity index (χ0n) is 16.7. The minimum Gasteiger partial charge on any atom is -0.507 e. The number of carbonyl (C=O) groups excluding carboxylic acids is 2. The summed E-state index contributed by atoms with van der Waals surface area (Å²) in [7, 11) is 0. The Kier molecular flexibility index (Phi) is 5.24. The second-order valence-corrected chi connectivity index (χ2v) is 7.86. The molecule has 0 unspecified atom stereocenters. The van der Waals surface area contributed by atoms with Crippen LogP contribution >= 0.6 is 0 Å². The first-order valence-electron chi connectivity index (χ1n) is 9.99. The van der Waals surface area contributed by atoms with E-state index in [1.165, 1.54) is 0 Å². The molecule has 0 radical (unpaired) electrons. The van der Waals surface area contributed by atoms with Crippen LogP contribution in [0.5, 0.6) is 0 Å². The van der Waals surface area contributed by atoms with Gasteiger partial charge in [-0.05, 0) is 32.3 Å². The largest absolute Gasteiger partial charge is 0.507 e. The van der Waals surface area contributed by atoms with E-state index < -0.39 is 17.7 Å². The van der Waals surface area contributed by atoms with Gasteiger partial charge in [0.1, 0.15) is 5.76 Å². The third-order valence-electron chi connectivity index (χ3n) is 5.68. The quantitative estimate of drug-likeness (QED) is 0.488. The molecule has 29 heavy (non-hydrogen) atoms. The third-order valence-corrected chi connectivity index (χ3v) is 5.68. The molecule has 2 aromatic rings. The van der Waals surface area contributed by atoms with Crippen molar-refractivity contribution in [3.8, 4) is 0 Å². The van der Waals surface area contributed by atoms with Gasteiger partial charge in [0, 0.05) is 18.7 Å². The fourth-order valence-electron chi connectivity index (χ4n) is 4.04. The summed E-state index contributed by atoms with van der Waals surface area (Å²) < 4.78 is 5.71. The summed E-state index contributed by atoms with van der Waals surface area (Å²) in [6, 6.07) is 14.4. The number of rotatable bonds is 4. The van der Waals surface area contributed by atoms with Crippen molar-refractivity contribution in [3.63, 3.8) is 0 Å². The van der Waals surface area contributed by atoms with Gasteiger partial charge < -0.3 is 14.7 Å². The van der Waals surface area contributed by atoms with E-state index in [4.69, 9.17) is 4.74 Å². The number of ether oxygens (including phenoxy) is 1. The van der Waals surface area contributed by atoms with Gasteiger partial charge in [-0.15, -0.1) is 0 Å². The van der Waals surface area contributed by atoms with Gasteiger partial charge in [-0.25, -0.2) is 0 Å². The molecule has 0 aromatic heterocycles. The van der Waals surface area contributed by atoms with Gasteiger partial charge in [-0.1, -0.05) is 59.7 Å². The minimum absolute atomic E-state index is 0.0828. The summed E-state index contributed by atoms with van der Waals surface area (Å²) in [6.07, 6.45) is 1.73. The number of aliphatic hydroxyl groups is 1. The lowest BCUT2D eigenvalue weighted by Gasteiger charge is -2.27. The Bertz CT molecular complexity index is 953. The monoisotopic (exact) mass is 391 g/mol. The molecule has 5 nitrogen and oxygen atoms in total. The molecule has 0 bridgehead atoms. The molecule has 1 amide bonds. The van der Waals surface area contributed by atoms with Crippen LogP contribution in [0.15, 0.2) is 54.1 Å². The van der Waals surface area contributed by atoms with Gasteiger partial charge in [0.25, 0.3) is 11.7 Å². The number of Topliss-reactive ketones (excluding diaryl/α,β-unsaturated/α-hetero) is 1. The molecule has 150 valence electrons. The van der Waals surface area contributed by atoms with Crippen LogP contribution in [0, 0.1) is 13.8 Å². The molecule has 0 spiro atoms. The van der Waals surface area contributed by atoms with Crippen molar-refractivity contribution in [2.24, 2.45) is 0 Å². The van der Waals surface area contributed by atoms with Gasteiger partial charge >= 0.3 is 0 Å². The second-order valence-electron chi connectivity index (χ2n) is 7.86. The van der Waals surface area contributed by atoms with Crippen LogP contribution in [0.4, 0.5) is 0 Å². The van der Waals surface area contributed by atoms with Crippen molar-refractivity contribution in [3.05, 3.63) is 76.4 Å². The number of hydrogen-bond acceptors (Lipinski definition) is 4. The van der Waals surface area contributed by atoms with E-state index in [-0.39, 0.29) is 17.4 Å². The minimum atomic E-state index is -0.647. The van der Waals surface area contributed by atoms with Gasteiger partial charge in [-0.2, -0.15) is 0 Å². The van der Waals surface area contributed by atoms with Gasteiger partial charge in [-0.3, -0.25) is 9.59 Å². The Morgan fingerprint density at radius 3 is 2.24 bits per heavy atom. The number of amides is 1. The fourth-order valence-corrected chi connectivity index (χ4v) is 4.04. The van der Waals surface area contributed by atoms with Crippen LogP contribution in [-0.2, 0) is 14.3 Å². The fraction of sp³-hybridized carbons (Fsp3) is 0.333. The van der Waals surface area contributed by atoms with E-state index in [1.807, 2.05) is 50.2 Å². The number of likely N-dealkylation sites (tertiary alicyclic amines) is 1. The van der Waals surface area contributed by atoms with Crippen LogP contribution in [0.25, 0.3) is 5.76 Å². The van der Waals surface area contributed by atoms with Crippen molar-refractivity contribution in [1.82, 2.24) is 4.90 Å². The topological polar surface area (TPSA) is 66.8 Å². The molecular weight excluding hydrogens is 366 g/mol. The number of ketones is 1. The molecule has 2 heterocycles. The highest BCUT2D eigenvalue weighted by molar-refractivity contribution is 6.46. The molecule has 0 saturated carbocycles.